The van der Waals surface area contributed by atoms with E-state index in [4.69, 9.17) is 28.9 Å². The van der Waals surface area contributed by atoms with Gasteiger partial charge in [0.15, 0.2) is 0 Å². The van der Waals surface area contributed by atoms with Crippen molar-refractivity contribution in [2.24, 2.45) is 5.73 Å². The van der Waals surface area contributed by atoms with Gasteiger partial charge in [-0.25, -0.2) is 0 Å². The standard InChI is InChI=1S/C14H12Cl2N2O2/c15-10-3-2-9(14(17)20)6-12(10)18-7-8-1-4-13(19)11(16)5-8/h1-6,18-19H,7H2,(H2,17,20). The van der Waals surface area contributed by atoms with Gasteiger partial charge in [-0.15, -0.1) is 0 Å². The Morgan fingerprint density at radius 3 is 2.55 bits per heavy atom. The molecular weight excluding hydrogens is 299 g/mol. The molecule has 0 aliphatic rings. The van der Waals surface area contributed by atoms with Crippen molar-refractivity contribution in [3.8, 4) is 5.75 Å². The molecule has 0 unspecified atom stereocenters. The average molecular weight is 311 g/mol. The Kier molecular flexibility index (Phi) is 4.37. The fraction of sp³-hybridized carbons (Fsp3) is 0.0714. The monoisotopic (exact) mass is 310 g/mol. The topological polar surface area (TPSA) is 75.4 Å². The minimum atomic E-state index is -0.516. The summed E-state index contributed by atoms with van der Waals surface area (Å²) in [4.78, 5) is 11.1. The van der Waals surface area contributed by atoms with Crippen LogP contribution in [0.25, 0.3) is 0 Å². The second-order valence-corrected chi connectivity index (χ2v) is 5.01. The van der Waals surface area contributed by atoms with Crippen LogP contribution in [0.15, 0.2) is 36.4 Å². The molecule has 2 aromatic rings. The van der Waals surface area contributed by atoms with Crippen molar-refractivity contribution >= 4 is 34.8 Å². The summed E-state index contributed by atoms with van der Waals surface area (Å²) in [6.45, 7) is 0.446. The zero-order valence-corrected chi connectivity index (χ0v) is 11.9. The zero-order chi connectivity index (χ0) is 14.7. The fourth-order valence-corrected chi connectivity index (χ4v) is 2.06. The van der Waals surface area contributed by atoms with Crippen molar-refractivity contribution in [3.05, 3.63) is 57.6 Å². The van der Waals surface area contributed by atoms with Gasteiger partial charge in [-0.1, -0.05) is 29.3 Å². The number of nitrogens with two attached hydrogens (primary N) is 1. The van der Waals surface area contributed by atoms with Crippen molar-refractivity contribution in [2.75, 3.05) is 5.32 Å². The molecule has 0 aliphatic carbocycles. The highest BCUT2D eigenvalue weighted by Crippen LogP contribution is 2.26. The molecule has 0 aliphatic heterocycles. The molecular formula is C14H12Cl2N2O2. The van der Waals surface area contributed by atoms with E-state index < -0.39 is 5.91 Å². The number of nitrogens with one attached hydrogen (secondary N) is 1. The lowest BCUT2D eigenvalue weighted by Crippen LogP contribution is -2.11. The Labute approximate surface area is 126 Å². The molecule has 6 heteroatoms. The second kappa shape index (κ2) is 6.03. The van der Waals surface area contributed by atoms with Gasteiger partial charge in [-0.2, -0.15) is 0 Å². The second-order valence-electron chi connectivity index (χ2n) is 4.20. The number of phenols is 1. The van der Waals surface area contributed by atoms with Gasteiger partial charge < -0.3 is 16.2 Å². The third-order valence-corrected chi connectivity index (χ3v) is 3.38. The normalized spacial score (nSPS) is 10.3. The molecule has 4 N–H and O–H groups in total. The number of hydrogen-bond donors (Lipinski definition) is 3. The van der Waals surface area contributed by atoms with E-state index in [0.29, 0.717) is 22.8 Å². The molecule has 0 heterocycles. The Morgan fingerprint density at radius 2 is 1.90 bits per heavy atom. The first kappa shape index (κ1) is 14.5. The van der Waals surface area contributed by atoms with Crippen molar-refractivity contribution in [3.63, 3.8) is 0 Å². The molecule has 1 amide bonds. The molecule has 2 aromatic carbocycles. The zero-order valence-electron chi connectivity index (χ0n) is 10.4. The molecule has 0 spiro atoms. The summed E-state index contributed by atoms with van der Waals surface area (Å²) >= 11 is 11.9. The average Bonchev–Trinajstić information content (AvgIpc) is 2.41. The first-order chi connectivity index (χ1) is 9.47. The first-order valence-corrected chi connectivity index (χ1v) is 6.53. The molecule has 2 rings (SSSR count). The summed E-state index contributed by atoms with van der Waals surface area (Å²) in [5, 5.41) is 13.2. The smallest absolute Gasteiger partial charge is 0.248 e. The third kappa shape index (κ3) is 3.35. The number of benzene rings is 2. The van der Waals surface area contributed by atoms with E-state index in [1.54, 1.807) is 30.3 Å². The predicted octanol–water partition coefficient (Wildman–Crippen LogP) is 3.41. The van der Waals surface area contributed by atoms with E-state index in [2.05, 4.69) is 5.32 Å². The highest BCUT2D eigenvalue weighted by molar-refractivity contribution is 6.33. The highest BCUT2D eigenvalue weighted by atomic mass is 35.5. The van der Waals surface area contributed by atoms with Crippen molar-refractivity contribution in [2.45, 2.75) is 6.54 Å². The summed E-state index contributed by atoms with van der Waals surface area (Å²) in [6.07, 6.45) is 0. The number of carbonyl (C=O) groups excluding carboxylic acids is 1. The maximum Gasteiger partial charge on any atom is 0.248 e. The number of amides is 1. The van der Waals surface area contributed by atoms with Crippen LogP contribution in [0.5, 0.6) is 5.75 Å². The quantitative estimate of drug-likeness (QED) is 0.810. The number of primary amides is 1. The SMILES string of the molecule is NC(=O)c1ccc(Cl)c(NCc2ccc(O)c(Cl)c2)c1. The van der Waals surface area contributed by atoms with Gasteiger partial charge in [0.1, 0.15) is 5.75 Å². The van der Waals surface area contributed by atoms with Gasteiger partial charge >= 0.3 is 0 Å². The summed E-state index contributed by atoms with van der Waals surface area (Å²) in [6, 6.07) is 9.66. The van der Waals surface area contributed by atoms with Crippen LogP contribution >= 0.6 is 23.2 Å². The molecule has 20 heavy (non-hydrogen) atoms. The molecule has 0 atom stereocenters. The number of aromatic hydroxyl groups is 1. The highest BCUT2D eigenvalue weighted by Gasteiger charge is 2.06. The van der Waals surface area contributed by atoms with Gasteiger partial charge in [0, 0.05) is 12.1 Å². The number of halogens is 2. The van der Waals surface area contributed by atoms with Gasteiger partial charge in [0.25, 0.3) is 0 Å². The van der Waals surface area contributed by atoms with Crippen LogP contribution in [0.3, 0.4) is 0 Å². The third-order valence-electron chi connectivity index (χ3n) is 2.75. The van der Waals surface area contributed by atoms with Gasteiger partial charge in [0.2, 0.25) is 5.91 Å². The molecule has 104 valence electrons. The summed E-state index contributed by atoms with van der Waals surface area (Å²) in [5.41, 5.74) is 7.07. The number of rotatable bonds is 4. The molecule has 0 radical (unpaired) electrons. The van der Waals surface area contributed by atoms with E-state index >= 15 is 0 Å². The minimum Gasteiger partial charge on any atom is -0.506 e. The Bertz CT molecular complexity index is 660. The molecule has 0 saturated carbocycles. The van der Waals surface area contributed by atoms with Crippen molar-refractivity contribution in [1.82, 2.24) is 0 Å². The summed E-state index contributed by atoms with van der Waals surface area (Å²) in [7, 11) is 0. The van der Waals surface area contributed by atoms with Crippen LogP contribution in [-0.2, 0) is 6.54 Å². The molecule has 4 nitrogen and oxygen atoms in total. The first-order valence-electron chi connectivity index (χ1n) is 5.78. The minimum absolute atomic E-state index is 0.0316. The van der Waals surface area contributed by atoms with Gasteiger partial charge in [-0.3, -0.25) is 4.79 Å². The van der Waals surface area contributed by atoms with Crippen molar-refractivity contribution < 1.29 is 9.90 Å². The molecule has 0 fully saturated rings. The predicted molar refractivity (Wildman–Crippen MR) is 80.4 cm³/mol. The molecule has 0 bridgehead atoms. The van der Waals surface area contributed by atoms with Crippen LogP contribution in [0.4, 0.5) is 5.69 Å². The van der Waals surface area contributed by atoms with E-state index in [1.807, 2.05) is 0 Å². The van der Waals surface area contributed by atoms with E-state index in [0.717, 1.165) is 5.56 Å². The number of hydrogen-bond acceptors (Lipinski definition) is 3. The fourth-order valence-electron chi connectivity index (χ4n) is 1.67. The lowest BCUT2D eigenvalue weighted by molar-refractivity contribution is 0.100. The lowest BCUT2D eigenvalue weighted by atomic mass is 10.1. The van der Waals surface area contributed by atoms with Crippen LogP contribution in [0, 0.1) is 0 Å². The van der Waals surface area contributed by atoms with E-state index in [9.17, 15) is 9.90 Å². The molecule has 0 saturated heterocycles. The number of carbonyl (C=O) groups is 1. The molecule has 0 aromatic heterocycles. The number of anilines is 1. The maximum absolute atomic E-state index is 11.1. The van der Waals surface area contributed by atoms with Gasteiger partial charge in [-0.05, 0) is 35.9 Å². The Morgan fingerprint density at radius 1 is 1.15 bits per heavy atom. The van der Waals surface area contributed by atoms with E-state index in [-0.39, 0.29) is 10.8 Å². The van der Waals surface area contributed by atoms with Crippen molar-refractivity contribution in [1.29, 1.82) is 0 Å². The van der Waals surface area contributed by atoms with Crippen LogP contribution in [-0.4, -0.2) is 11.0 Å². The van der Waals surface area contributed by atoms with Crippen LogP contribution in [0.2, 0.25) is 10.0 Å². The largest absolute Gasteiger partial charge is 0.506 e. The Balaban J connectivity index is 2.15. The summed E-state index contributed by atoms with van der Waals surface area (Å²) in [5.74, 6) is -0.485. The van der Waals surface area contributed by atoms with E-state index in [1.165, 1.54) is 6.07 Å². The Hall–Kier alpha value is -1.91. The number of phenolic OH excluding ortho intramolecular Hbond substituents is 1. The van der Waals surface area contributed by atoms with Crippen LogP contribution < -0.4 is 11.1 Å². The maximum atomic E-state index is 11.1. The van der Waals surface area contributed by atoms with Gasteiger partial charge in [0.05, 0.1) is 15.7 Å². The summed E-state index contributed by atoms with van der Waals surface area (Å²) < 4.78 is 0. The van der Waals surface area contributed by atoms with Crippen LogP contribution in [0.1, 0.15) is 15.9 Å². The lowest BCUT2D eigenvalue weighted by Gasteiger charge is -2.10.